The zero-order valence-corrected chi connectivity index (χ0v) is 16.9. The molecule has 1 aliphatic carbocycles. The number of rotatable bonds is 9. The van der Waals surface area contributed by atoms with Crippen LogP contribution in [0.3, 0.4) is 0 Å². The number of nitrogens with zero attached hydrogens (tertiary/aromatic N) is 4. The van der Waals surface area contributed by atoms with Crippen molar-refractivity contribution in [2.24, 2.45) is 10.9 Å². The SMILES string of the molecule is CCNC(=NCCCC1CCCCC1)NCCc1noc(-c2ccccn2)n1. The molecule has 152 valence electrons. The molecule has 0 bridgehead atoms. The molecule has 7 nitrogen and oxygen atoms in total. The van der Waals surface area contributed by atoms with Gasteiger partial charge in [-0.05, 0) is 37.8 Å². The maximum absolute atomic E-state index is 5.30. The zero-order chi connectivity index (χ0) is 19.4. The second-order valence-corrected chi connectivity index (χ2v) is 7.31. The van der Waals surface area contributed by atoms with E-state index in [1.807, 2.05) is 18.2 Å². The van der Waals surface area contributed by atoms with Crippen molar-refractivity contribution < 1.29 is 4.52 Å². The molecule has 0 aromatic carbocycles. The van der Waals surface area contributed by atoms with Crippen LogP contribution in [-0.2, 0) is 6.42 Å². The van der Waals surface area contributed by atoms with Crippen molar-refractivity contribution in [2.75, 3.05) is 19.6 Å². The van der Waals surface area contributed by atoms with Crippen LogP contribution in [0.5, 0.6) is 0 Å². The summed E-state index contributed by atoms with van der Waals surface area (Å²) in [4.78, 5) is 13.3. The van der Waals surface area contributed by atoms with Crippen molar-refractivity contribution in [3.8, 4) is 11.6 Å². The third kappa shape index (κ3) is 6.62. The Hall–Kier alpha value is -2.44. The van der Waals surface area contributed by atoms with Crippen molar-refractivity contribution in [3.05, 3.63) is 30.2 Å². The van der Waals surface area contributed by atoms with Crippen LogP contribution in [-0.4, -0.2) is 40.7 Å². The first-order valence-electron chi connectivity index (χ1n) is 10.6. The van der Waals surface area contributed by atoms with Crippen LogP contribution in [0.25, 0.3) is 11.6 Å². The van der Waals surface area contributed by atoms with E-state index in [-0.39, 0.29) is 0 Å². The van der Waals surface area contributed by atoms with E-state index in [0.29, 0.717) is 30.4 Å². The van der Waals surface area contributed by atoms with Gasteiger partial charge in [0.05, 0.1) is 0 Å². The maximum atomic E-state index is 5.30. The maximum Gasteiger partial charge on any atom is 0.276 e. The Morgan fingerprint density at radius 3 is 2.89 bits per heavy atom. The van der Waals surface area contributed by atoms with E-state index in [1.54, 1.807) is 6.20 Å². The molecule has 1 saturated carbocycles. The first-order chi connectivity index (χ1) is 13.8. The molecule has 2 aromatic rings. The molecule has 0 atom stereocenters. The van der Waals surface area contributed by atoms with Gasteiger partial charge in [0.25, 0.3) is 5.89 Å². The molecule has 7 heteroatoms. The number of pyridine rings is 1. The van der Waals surface area contributed by atoms with Crippen LogP contribution in [0.1, 0.15) is 57.7 Å². The average molecular weight is 385 g/mol. The third-order valence-electron chi connectivity index (χ3n) is 5.10. The van der Waals surface area contributed by atoms with Gasteiger partial charge in [-0.25, -0.2) is 0 Å². The summed E-state index contributed by atoms with van der Waals surface area (Å²) in [6.07, 6.45) is 11.9. The normalized spacial score (nSPS) is 15.5. The molecule has 0 aliphatic heterocycles. The van der Waals surface area contributed by atoms with Gasteiger partial charge in [-0.15, -0.1) is 0 Å². The Morgan fingerprint density at radius 1 is 1.21 bits per heavy atom. The van der Waals surface area contributed by atoms with E-state index in [4.69, 9.17) is 9.52 Å². The standard InChI is InChI=1S/C21H32N6O/c1-2-22-21(24-15-8-11-17-9-4-3-5-10-17)25-16-13-19-26-20(28-27-19)18-12-6-7-14-23-18/h6-7,12,14,17H,2-5,8-11,13,15-16H2,1H3,(H2,22,24,25). The van der Waals surface area contributed by atoms with Gasteiger partial charge in [0.1, 0.15) is 5.69 Å². The van der Waals surface area contributed by atoms with Crippen LogP contribution < -0.4 is 10.6 Å². The number of aliphatic imine (C=N–C) groups is 1. The predicted octanol–water partition coefficient (Wildman–Crippen LogP) is 3.59. The smallest absolute Gasteiger partial charge is 0.276 e. The van der Waals surface area contributed by atoms with Gasteiger partial charge in [-0.3, -0.25) is 9.98 Å². The van der Waals surface area contributed by atoms with Gasteiger partial charge >= 0.3 is 0 Å². The summed E-state index contributed by atoms with van der Waals surface area (Å²) in [7, 11) is 0. The zero-order valence-electron chi connectivity index (χ0n) is 16.9. The highest BCUT2D eigenvalue weighted by Gasteiger charge is 2.12. The van der Waals surface area contributed by atoms with Gasteiger partial charge in [0.15, 0.2) is 11.8 Å². The molecule has 2 N–H and O–H groups in total. The number of hydrogen-bond acceptors (Lipinski definition) is 5. The fourth-order valence-corrected chi connectivity index (χ4v) is 3.63. The summed E-state index contributed by atoms with van der Waals surface area (Å²) >= 11 is 0. The van der Waals surface area contributed by atoms with Gasteiger partial charge in [0.2, 0.25) is 0 Å². The Balaban J connectivity index is 1.40. The monoisotopic (exact) mass is 384 g/mol. The molecule has 0 spiro atoms. The second-order valence-electron chi connectivity index (χ2n) is 7.31. The highest BCUT2D eigenvalue weighted by atomic mass is 16.5. The van der Waals surface area contributed by atoms with E-state index < -0.39 is 0 Å². The number of hydrogen-bond donors (Lipinski definition) is 2. The topological polar surface area (TPSA) is 88.2 Å². The molecular formula is C21H32N6O. The predicted molar refractivity (Wildman–Crippen MR) is 111 cm³/mol. The van der Waals surface area contributed by atoms with Crippen LogP contribution in [0.15, 0.2) is 33.9 Å². The number of nitrogens with one attached hydrogen (secondary N) is 2. The fourth-order valence-electron chi connectivity index (χ4n) is 3.63. The Labute approximate surface area is 167 Å². The molecule has 0 unspecified atom stereocenters. The lowest BCUT2D eigenvalue weighted by molar-refractivity contribution is 0.334. The average Bonchev–Trinajstić information content (AvgIpc) is 3.21. The molecule has 1 fully saturated rings. The summed E-state index contributed by atoms with van der Waals surface area (Å²) < 4.78 is 5.30. The first kappa shape index (κ1) is 20.3. The fraction of sp³-hybridized carbons (Fsp3) is 0.619. The van der Waals surface area contributed by atoms with E-state index in [1.165, 1.54) is 44.9 Å². The van der Waals surface area contributed by atoms with E-state index in [9.17, 15) is 0 Å². The molecule has 1 aliphatic rings. The quantitative estimate of drug-likeness (QED) is 0.390. The van der Waals surface area contributed by atoms with Crippen molar-refractivity contribution >= 4 is 5.96 Å². The first-order valence-corrected chi connectivity index (χ1v) is 10.6. The van der Waals surface area contributed by atoms with Crippen molar-refractivity contribution in [1.29, 1.82) is 0 Å². The summed E-state index contributed by atoms with van der Waals surface area (Å²) in [5.74, 6) is 2.91. The molecule has 0 amide bonds. The lowest BCUT2D eigenvalue weighted by Crippen LogP contribution is -2.38. The van der Waals surface area contributed by atoms with Crippen molar-refractivity contribution in [2.45, 2.75) is 58.3 Å². The number of guanidine groups is 1. The third-order valence-corrected chi connectivity index (χ3v) is 5.10. The van der Waals surface area contributed by atoms with Crippen molar-refractivity contribution in [1.82, 2.24) is 25.8 Å². The number of aromatic nitrogens is 3. The Morgan fingerprint density at radius 2 is 2.11 bits per heavy atom. The summed E-state index contributed by atoms with van der Waals surface area (Å²) in [6, 6.07) is 5.63. The van der Waals surface area contributed by atoms with Gasteiger partial charge in [0, 0.05) is 32.3 Å². The molecule has 3 rings (SSSR count). The molecule has 0 radical (unpaired) electrons. The molecule has 0 saturated heterocycles. The van der Waals surface area contributed by atoms with Crippen molar-refractivity contribution in [3.63, 3.8) is 0 Å². The minimum absolute atomic E-state index is 0.457. The van der Waals surface area contributed by atoms with Crippen LogP contribution in [0.4, 0.5) is 0 Å². The highest BCUT2D eigenvalue weighted by molar-refractivity contribution is 5.79. The second kappa shape index (κ2) is 11.4. The van der Waals surface area contributed by atoms with E-state index >= 15 is 0 Å². The summed E-state index contributed by atoms with van der Waals surface area (Å²) in [5.41, 5.74) is 0.696. The Bertz CT molecular complexity index is 709. The molecule has 2 aromatic heterocycles. The molecular weight excluding hydrogens is 352 g/mol. The van der Waals surface area contributed by atoms with E-state index in [2.05, 4.69) is 32.7 Å². The minimum Gasteiger partial charge on any atom is -0.357 e. The minimum atomic E-state index is 0.457. The van der Waals surface area contributed by atoms with Crippen LogP contribution in [0.2, 0.25) is 0 Å². The molecule has 2 heterocycles. The largest absolute Gasteiger partial charge is 0.357 e. The lowest BCUT2D eigenvalue weighted by atomic mass is 9.86. The highest BCUT2D eigenvalue weighted by Crippen LogP contribution is 2.27. The van der Waals surface area contributed by atoms with Gasteiger partial charge < -0.3 is 15.2 Å². The van der Waals surface area contributed by atoms with Crippen LogP contribution >= 0.6 is 0 Å². The van der Waals surface area contributed by atoms with Crippen LogP contribution in [0, 0.1) is 5.92 Å². The summed E-state index contributed by atoms with van der Waals surface area (Å²) in [6.45, 7) is 4.51. The van der Waals surface area contributed by atoms with Gasteiger partial charge in [-0.1, -0.05) is 43.3 Å². The van der Waals surface area contributed by atoms with Gasteiger partial charge in [-0.2, -0.15) is 4.98 Å². The molecule has 28 heavy (non-hydrogen) atoms. The van der Waals surface area contributed by atoms with E-state index in [0.717, 1.165) is 25.0 Å². The Kier molecular flexibility index (Phi) is 8.27. The summed E-state index contributed by atoms with van der Waals surface area (Å²) in [5, 5.41) is 10.7. The lowest BCUT2D eigenvalue weighted by Gasteiger charge is -2.20.